The maximum absolute atomic E-state index is 13.2. The summed E-state index contributed by atoms with van der Waals surface area (Å²) in [6.45, 7) is 2.76. The number of benzene rings is 2. The third kappa shape index (κ3) is 7.02. The summed E-state index contributed by atoms with van der Waals surface area (Å²) in [7, 11) is -2.10. The van der Waals surface area contributed by atoms with E-state index in [0.29, 0.717) is 35.4 Å². The Morgan fingerprint density at radius 1 is 1.11 bits per heavy atom. The molecule has 0 bridgehead atoms. The van der Waals surface area contributed by atoms with Gasteiger partial charge in [0.2, 0.25) is 21.8 Å². The predicted molar refractivity (Wildman–Crippen MR) is 134 cm³/mol. The number of hydrogen-bond donors (Lipinski definition) is 1. The van der Waals surface area contributed by atoms with Crippen molar-refractivity contribution in [2.75, 3.05) is 37.4 Å². The van der Waals surface area contributed by atoms with Crippen LogP contribution in [0.1, 0.15) is 25.3 Å². The molecule has 0 fully saturated rings. The first-order valence-electron chi connectivity index (χ1n) is 11.2. The molecule has 35 heavy (non-hydrogen) atoms. The molecule has 0 saturated carbocycles. The van der Waals surface area contributed by atoms with Gasteiger partial charge < -0.3 is 19.7 Å². The lowest BCUT2D eigenvalue weighted by Gasteiger charge is -2.29. The Balaban J connectivity index is 1.72. The van der Waals surface area contributed by atoms with Crippen LogP contribution in [0.2, 0.25) is 5.02 Å². The number of anilines is 1. The van der Waals surface area contributed by atoms with E-state index in [-0.39, 0.29) is 37.7 Å². The van der Waals surface area contributed by atoms with E-state index >= 15 is 0 Å². The van der Waals surface area contributed by atoms with E-state index < -0.39 is 16.1 Å². The third-order valence-corrected chi connectivity index (χ3v) is 7.05. The van der Waals surface area contributed by atoms with Gasteiger partial charge in [-0.25, -0.2) is 8.42 Å². The molecule has 0 radical (unpaired) electrons. The molecule has 0 aliphatic carbocycles. The second-order valence-electron chi connectivity index (χ2n) is 8.21. The molecule has 0 spiro atoms. The van der Waals surface area contributed by atoms with Crippen LogP contribution in [0.4, 0.5) is 5.69 Å². The van der Waals surface area contributed by atoms with Gasteiger partial charge in [-0.05, 0) is 43.2 Å². The highest BCUT2D eigenvalue weighted by atomic mass is 35.5. The molecule has 0 saturated heterocycles. The number of halogens is 1. The Hall–Kier alpha value is -2.98. The minimum Gasteiger partial charge on any atom is -0.486 e. The van der Waals surface area contributed by atoms with E-state index in [2.05, 4.69) is 5.32 Å². The number of sulfonamides is 1. The van der Waals surface area contributed by atoms with Crippen LogP contribution < -0.4 is 19.1 Å². The predicted octanol–water partition coefficient (Wildman–Crippen LogP) is 2.82. The minimum atomic E-state index is -3.62. The number of hydrogen-bond acceptors (Lipinski definition) is 6. The second kappa shape index (κ2) is 11.6. The Labute approximate surface area is 211 Å². The molecule has 3 rings (SSSR count). The number of carbonyl (C=O) groups is 2. The molecular weight excluding hydrogens is 494 g/mol. The lowest BCUT2D eigenvalue weighted by atomic mass is 10.1. The van der Waals surface area contributed by atoms with Gasteiger partial charge in [-0.3, -0.25) is 13.9 Å². The maximum atomic E-state index is 13.2. The molecule has 11 heteroatoms. The van der Waals surface area contributed by atoms with Crippen LogP contribution in [0.25, 0.3) is 0 Å². The third-order valence-electron chi connectivity index (χ3n) is 5.62. The van der Waals surface area contributed by atoms with Gasteiger partial charge in [-0.1, -0.05) is 23.7 Å². The fraction of sp³-hybridized carbons (Fsp3) is 0.417. The molecule has 1 N–H and O–H groups in total. The second-order valence-corrected chi connectivity index (χ2v) is 10.6. The number of nitrogens with zero attached hydrogens (tertiary/aromatic N) is 2. The first-order chi connectivity index (χ1) is 16.6. The van der Waals surface area contributed by atoms with Crippen molar-refractivity contribution < 1.29 is 27.5 Å². The monoisotopic (exact) mass is 523 g/mol. The Morgan fingerprint density at radius 2 is 1.83 bits per heavy atom. The molecule has 2 amide bonds. The molecule has 1 aliphatic rings. The summed E-state index contributed by atoms with van der Waals surface area (Å²) in [5.74, 6) is 0.472. The highest BCUT2D eigenvalue weighted by molar-refractivity contribution is 7.92. The van der Waals surface area contributed by atoms with Gasteiger partial charge >= 0.3 is 0 Å². The van der Waals surface area contributed by atoms with Crippen LogP contribution in [0.3, 0.4) is 0 Å². The maximum Gasteiger partial charge on any atom is 0.242 e. The fourth-order valence-corrected chi connectivity index (χ4v) is 4.98. The summed E-state index contributed by atoms with van der Waals surface area (Å²) in [5, 5.41) is 3.10. The molecular formula is C24H30ClN3O6S. The van der Waals surface area contributed by atoms with Crippen molar-refractivity contribution in [3.05, 3.63) is 53.1 Å². The average molecular weight is 524 g/mol. The first-order valence-corrected chi connectivity index (χ1v) is 13.5. The normalized spacial score (nSPS) is 13.6. The van der Waals surface area contributed by atoms with Crippen LogP contribution in [0, 0.1) is 0 Å². The molecule has 0 unspecified atom stereocenters. The largest absolute Gasteiger partial charge is 0.486 e. The van der Waals surface area contributed by atoms with E-state index in [1.54, 1.807) is 43.3 Å². The van der Waals surface area contributed by atoms with E-state index in [0.717, 1.165) is 11.8 Å². The Bertz CT molecular complexity index is 1170. The molecule has 0 aromatic heterocycles. The van der Waals surface area contributed by atoms with Gasteiger partial charge in [0.05, 0.1) is 11.9 Å². The minimum absolute atomic E-state index is 0.0540. The van der Waals surface area contributed by atoms with Gasteiger partial charge in [0.1, 0.15) is 19.3 Å². The van der Waals surface area contributed by atoms with Crippen molar-refractivity contribution >= 4 is 39.1 Å². The molecule has 1 atom stereocenters. The topological polar surface area (TPSA) is 105 Å². The Morgan fingerprint density at radius 3 is 2.49 bits per heavy atom. The number of fused-ring (bicyclic) bond motifs is 1. The van der Waals surface area contributed by atoms with Gasteiger partial charge in [0, 0.05) is 37.6 Å². The van der Waals surface area contributed by atoms with Gasteiger partial charge in [0.25, 0.3) is 0 Å². The van der Waals surface area contributed by atoms with Crippen molar-refractivity contribution in [3.63, 3.8) is 0 Å². The molecule has 190 valence electrons. The zero-order chi connectivity index (χ0) is 25.6. The van der Waals surface area contributed by atoms with Crippen LogP contribution in [-0.4, -0.2) is 64.2 Å². The first kappa shape index (κ1) is 26.6. The van der Waals surface area contributed by atoms with Crippen molar-refractivity contribution in [2.24, 2.45) is 0 Å². The fourth-order valence-electron chi connectivity index (χ4n) is 3.81. The number of carbonyl (C=O) groups excluding carboxylic acids is 2. The average Bonchev–Trinajstić information content (AvgIpc) is 2.83. The van der Waals surface area contributed by atoms with E-state index in [1.807, 2.05) is 6.07 Å². The van der Waals surface area contributed by atoms with E-state index in [9.17, 15) is 18.0 Å². The van der Waals surface area contributed by atoms with E-state index in [4.69, 9.17) is 21.1 Å². The number of nitrogens with one attached hydrogen (secondary N) is 1. The quantitative estimate of drug-likeness (QED) is 0.513. The Kier molecular flexibility index (Phi) is 8.85. The van der Waals surface area contributed by atoms with Crippen LogP contribution >= 0.6 is 11.6 Å². The van der Waals surface area contributed by atoms with Crippen molar-refractivity contribution in [3.8, 4) is 11.5 Å². The summed E-state index contributed by atoms with van der Waals surface area (Å²) in [5.41, 5.74) is 1.22. The summed E-state index contributed by atoms with van der Waals surface area (Å²) in [4.78, 5) is 26.9. The van der Waals surface area contributed by atoms with E-state index in [1.165, 1.54) is 16.3 Å². The zero-order valence-electron chi connectivity index (χ0n) is 20.0. The molecule has 2 aromatic rings. The van der Waals surface area contributed by atoms with Crippen molar-refractivity contribution in [2.45, 2.75) is 32.4 Å². The lowest BCUT2D eigenvalue weighted by molar-refractivity contribution is -0.140. The highest BCUT2D eigenvalue weighted by Crippen LogP contribution is 2.34. The summed E-state index contributed by atoms with van der Waals surface area (Å²) >= 11 is 6.08. The van der Waals surface area contributed by atoms with Crippen LogP contribution in [0.15, 0.2) is 42.5 Å². The number of likely N-dealkylation sites (N-methyl/N-ethyl adjacent to an activating group) is 1. The number of ether oxygens (including phenoxy) is 2. The molecule has 1 aliphatic heterocycles. The summed E-state index contributed by atoms with van der Waals surface area (Å²) in [6, 6.07) is 11.3. The highest BCUT2D eigenvalue weighted by Gasteiger charge is 2.26. The van der Waals surface area contributed by atoms with Crippen molar-refractivity contribution in [1.82, 2.24) is 10.2 Å². The summed E-state index contributed by atoms with van der Waals surface area (Å²) < 4.78 is 37.3. The smallest absolute Gasteiger partial charge is 0.242 e. The number of rotatable bonds is 10. The van der Waals surface area contributed by atoms with Crippen molar-refractivity contribution in [1.29, 1.82) is 0 Å². The van der Waals surface area contributed by atoms with Gasteiger partial charge in [0.15, 0.2) is 11.5 Å². The van der Waals surface area contributed by atoms with Gasteiger partial charge in [-0.15, -0.1) is 0 Å². The van der Waals surface area contributed by atoms with Gasteiger partial charge in [-0.2, -0.15) is 0 Å². The SMILES string of the molecule is CNC(=O)[C@@H](C)N(Cc1cccc(Cl)c1)C(=O)CCCN(c1ccc2c(c1)OCCO2)S(C)(=O)=O. The molecule has 1 heterocycles. The summed E-state index contributed by atoms with van der Waals surface area (Å²) in [6.07, 6.45) is 1.43. The molecule has 9 nitrogen and oxygen atoms in total. The zero-order valence-corrected chi connectivity index (χ0v) is 21.6. The molecule has 2 aromatic carbocycles. The van der Waals surface area contributed by atoms with Crippen LogP contribution in [0.5, 0.6) is 11.5 Å². The number of amides is 2. The van der Waals surface area contributed by atoms with Crippen LogP contribution in [-0.2, 0) is 26.2 Å². The lowest BCUT2D eigenvalue weighted by Crippen LogP contribution is -2.46. The standard InChI is InChI=1S/C24H30ClN3O6S/c1-17(24(30)26-2)27(16-18-6-4-7-19(25)14-18)23(29)8-5-11-28(35(3,31)32)20-9-10-21-22(15-20)34-13-12-33-21/h4,6-7,9-10,14-15,17H,5,8,11-13,16H2,1-3H3,(H,26,30)/t17-/m1/s1.